The summed E-state index contributed by atoms with van der Waals surface area (Å²) in [5, 5.41) is 8.91. The summed E-state index contributed by atoms with van der Waals surface area (Å²) in [5.74, 6) is 1.59. The molecule has 0 atom stereocenters. The molecule has 1 fully saturated rings. The molecule has 1 aromatic carbocycles. The smallest absolute Gasteiger partial charge is 0.0991 e. The van der Waals surface area contributed by atoms with Gasteiger partial charge in [-0.2, -0.15) is 5.26 Å². The summed E-state index contributed by atoms with van der Waals surface area (Å²) >= 11 is 0. The monoisotopic (exact) mass is 367 g/mol. The highest BCUT2D eigenvalue weighted by Crippen LogP contribution is 2.37. The molecule has 2 rings (SSSR count). The van der Waals surface area contributed by atoms with Gasteiger partial charge in [0, 0.05) is 0 Å². The van der Waals surface area contributed by atoms with Crippen LogP contribution in [0.2, 0.25) is 0 Å². The van der Waals surface area contributed by atoms with Gasteiger partial charge in [-0.25, -0.2) is 0 Å². The Morgan fingerprint density at radius 1 is 1.00 bits per heavy atom. The second-order valence-corrected chi connectivity index (χ2v) is 8.04. The highest BCUT2D eigenvalue weighted by molar-refractivity contribution is 5.33. The zero-order valence-electron chi connectivity index (χ0n) is 17.2. The third-order valence-electron chi connectivity index (χ3n) is 5.90. The minimum atomic E-state index is 0.694. The summed E-state index contributed by atoms with van der Waals surface area (Å²) in [4.78, 5) is 0. The van der Waals surface area contributed by atoms with Gasteiger partial charge in [0.1, 0.15) is 0 Å². The molecule has 0 radical (unpaired) electrons. The van der Waals surface area contributed by atoms with E-state index >= 15 is 0 Å². The maximum absolute atomic E-state index is 8.91. The lowest BCUT2D eigenvalue weighted by molar-refractivity contribution is 0.230. The molecule has 0 saturated heterocycles. The summed E-state index contributed by atoms with van der Waals surface area (Å²) < 4.78 is 5.62. The number of hydrogen-bond donors (Lipinski definition) is 0. The van der Waals surface area contributed by atoms with Crippen LogP contribution in [0.25, 0.3) is 0 Å². The lowest BCUT2D eigenvalue weighted by Crippen LogP contribution is -2.13. The molecule has 1 aliphatic carbocycles. The van der Waals surface area contributed by atoms with E-state index in [2.05, 4.69) is 31.2 Å². The molecule has 0 aliphatic heterocycles. The largest absolute Gasteiger partial charge is 0.502 e. The summed E-state index contributed by atoms with van der Waals surface area (Å²) in [6, 6.07) is 10.4. The van der Waals surface area contributed by atoms with Gasteiger partial charge in [0.15, 0.2) is 0 Å². The van der Waals surface area contributed by atoms with Gasteiger partial charge >= 0.3 is 0 Å². The first kappa shape index (κ1) is 21.5. The van der Waals surface area contributed by atoms with Crippen LogP contribution in [-0.2, 0) is 4.74 Å². The number of allylic oxidation sites excluding steroid dienone is 1. The van der Waals surface area contributed by atoms with Crippen LogP contribution in [0.3, 0.4) is 0 Å². The summed E-state index contributed by atoms with van der Waals surface area (Å²) in [6.45, 7) is 3.12. The maximum atomic E-state index is 8.91. The molecule has 0 bridgehead atoms. The second-order valence-electron chi connectivity index (χ2n) is 8.04. The van der Waals surface area contributed by atoms with E-state index in [-0.39, 0.29) is 0 Å². The van der Waals surface area contributed by atoms with Crippen molar-refractivity contribution in [2.45, 2.75) is 89.9 Å². The highest BCUT2D eigenvalue weighted by Gasteiger charge is 2.21. The Bertz CT molecular complexity index is 561. The number of hydrogen-bond acceptors (Lipinski definition) is 2. The van der Waals surface area contributed by atoms with Gasteiger partial charge in [-0.3, -0.25) is 0 Å². The van der Waals surface area contributed by atoms with E-state index in [9.17, 15) is 0 Å². The van der Waals surface area contributed by atoms with Crippen LogP contribution in [0.4, 0.5) is 0 Å². The van der Waals surface area contributed by atoms with Gasteiger partial charge in [0.2, 0.25) is 0 Å². The first-order valence-corrected chi connectivity index (χ1v) is 11.1. The molecular formula is C25H37NO. The van der Waals surface area contributed by atoms with Crippen molar-refractivity contribution < 1.29 is 4.74 Å². The molecule has 2 nitrogen and oxygen atoms in total. The van der Waals surface area contributed by atoms with Gasteiger partial charge in [0.25, 0.3) is 0 Å². The molecule has 0 N–H and O–H groups in total. The third kappa shape index (κ3) is 8.65. The third-order valence-corrected chi connectivity index (χ3v) is 5.90. The Hall–Kier alpha value is -1.75. The Kier molecular flexibility index (Phi) is 10.7. The van der Waals surface area contributed by atoms with Gasteiger partial charge in [-0.05, 0) is 87.0 Å². The van der Waals surface area contributed by atoms with Gasteiger partial charge in [0.05, 0.1) is 24.5 Å². The SMILES string of the molecule is CCCCCCC=COCCCCC1CCC(c2ccc(C#N)cc2)CC1. The zero-order chi connectivity index (χ0) is 19.2. The van der Waals surface area contributed by atoms with Gasteiger partial charge in [-0.15, -0.1) is 0 Å². The van der Waals surface area contributed by atoms with Crippen molar-refractivity contribution >= 4 is 0 Å². The zero-order valence-corrected chi connectivity index (χ0v) is 17.2. The van der Waals surface area contributed by atoms with Crippen molar-refractivity contribution in [2.24, 2.45) is 5.92 Å². The predicted molar refractivity (Wildman–Crippen MR) is 114 cm³/mol. The maximum Gasteiger partial charge on any atom is 0.0991 e. The average molecular weight is 368 g/mol. The van der Waals surface area contributed by atoms with Gasteiger partial charge < -0.3 is 4.74 Å². The molecular weight excluding hydrogens is 330 g/mol. The number of benzene rings is 1. The van der Waals surface area contributed by atoms with E-state index in [4.69, 9.17) is 10.00 Å². The molecule has 27 heavy (non-hydrogen) atoms. The fourth-order valence-corrected chi connectivity index (χ4v) is 4.13. The summed E-state index contributed by atoms with van der Waals surface area (Å²) in [5.41, 5.74) is 2.18. The molecule has 0 aromatic heterocycles. The Balaban J connectivity index is 1.49. The van der Waals surface area contributed by atoms with Crippen LogP contribution in [0, 0.1) is 17.2 Å². The van der Waals surface area contributed by atoms with Crippen molar-refractivity contribution in [2.75, 3.05) is 6.61 Å². The van der Waals surface area contributed by atoms with Crippen molar-refractivity contribution in [3.63, 3.8) is 0 Å². The minimum absolute atomic E-state index is 0.694. The standard InChI is InChI=1S/C25H37NO/c1-2-3-4-5-6-8-19-27-20-9-7-10-22-11-15-24(16-12-22)25-17-13-23(21-26)14-18-25/h8,13-14,17-19,22,24H,2-7,9-12,15-16,20H2,1H3. The van der Waals surface area contributed by atoms with Crippen LogP contribution in [0.1, 0.15) is 101 Å². The van der Waals surface area contributed by atoms with Crippen molar-refractivity contribution in [3.8, 4) is 6.07 Å². The normalized spacial score (nSPS) is 19.9. The molecule has 1 aliphatic rings. The topological polar surface area (TPSA) is 33.0 Å². The van der Waals surface area contributed by atoms with E-state index in [0.29, 0.717) is 5.92 Å². The van der Waals surface area contributed by atoms with E-state index in [0.717, 1.165) is 24.5 Å². The fraction of sp³-hybridized carbons (Fsp3) is 0.640. The van der Waals surface area contributed by atoms with Crippen LogP contribution in [0.15, 0.2) is 36.6 Å². The van der Waals surface area contributed by atoms with Crippen molar-refractivity contribution in [1.29, 1.82) is 5.26 Å². The first-order chi connectivity index (χ1) is 13.3. The van der Waals surface area contributed by atoms with Crippen LogP contribution < -0.4 is 0 Å². The molecule has 0 heterocycles. The lowest BCUT2D eigenvalue weighted by atomic mass is 9.77. The molecule has 1 saturated carbocycles. The Morgan fingerprint density at radius 2 is 1.78 bits per heavy atom. The molecule has 0 amide bonds. The highest BCUT2D eigenvalue weighted by atomic mass is 16.5. The van der Waals surface area contributed by atoms with E-state index in [1.165, 1.54) is 76.2 Å². The van der Waals surface area contributed by atoms with Crippen molar-refractivity contribution in [1.82, 2.24) is 0 Å². The second kappa shape index (κ2) is 13.4. The fourth-order valence-electron chi connectivity index (χ4n) is 4.13. The van der Waals surface area contributed by atoms with Crippen LogP contribution >= 0.6 is 0 Å². The molecule has 0 unspecified atom stereocenters. The molecule has 148 valence electrons. The first-order valence-electron chi connectivity index (χ1n) is 11.1. The van der Waals surface area contributed by atoms with E-state index < -0.39 is 0 Å². The van der Waals surface area contributed by atoms with E-state index in [1.807, 2.05) is 18.4 Å². The van der Waals surface area contributed by atoms with E-state index in [1.54, 1.807) is 0 Å². The minimum Gasteiger partial charge on any atom is -0.502 e. The number of unbranched alkanes of at least 4 members (excludes halogenated alkanes) is 5. The lowest BCUT2D eigenvalue weighted by Gasteiger charge is -2.28. The number of rotatable bonds is 12. The number of nitrogens with zero attached hydrogens (tertiary/aromatic N) is 1. The predicted octanol–water partition coefficient (Wildman–Crippen LogP) is 7.50. The Morgan fingerprint density at radius 3 is 2.48 bits per heavy atom. The van der Waals surface area contributed by atoms with Crippen LogP contribution in [-0.4, -0.2) is 6.61 Å². The van der Waals surface area contributed by atoms with Crippen LogP contribution in [0.5, 0.6) is 0 Å². The summed E-state index contributed by atoms with van der Waals surface area (Å²) in [7, 11) is 0. The number of nitriles is 1. The molecule has 2 heteroatoms. The van der Waals surface area contributed by atoms with Gasteiger partial charge in [-0.1, -0.05) is 44.7 Å². The average Bonchev–Trinajstić information content (AvgIpc) is 2.72. The molecule has 1 aromatic rings. The molecule has 0 spiro atoms. The Labute approximate surface area is 166 Å². The quantitative estimate of drug-likeness (QED) is 0.283. The summed E-state index contributed by atoms with van der Waals surface area (Å²) in [6.07, 6.45) is 19.6. The van der Waals surface area contributed by atoms with Crippen molar-refractivity contribution in [3.05, 3.63) is 47.7 Å². The number of ether oxygens (including phenoxy) is 1.